The summed E-state index contributed by atoms with van der Waals surface area (Å²) in [6, 6.07) is 27.8. The summed E-state index contributed by atoms with van der Waals surface area (Å²) in [5, 5.41) is 2.81. The highest BCUT2D eigenvalue weighted by Crippen LogP contribution is 2.54. The van der Waals surface area contributed by atoms with Crippen LogP contribution >= 0.6 is 68.0 Å². The van der Waals surface area contributed by atoms with Gasteiger partial charge in [-0.1, -0.05) is 35.4 Å². The van der Waals surface area contributed by atoms with Crippen LogP contribution in [-0.2, 0) is 0 Å². The summed E-state index contributed by atoms with van der Waals surface area (Å²) in [7, 11) is 0. The molecule has 0 spiro atoms. The van der Waals surface area contributed by atoms with Crippen molar-refractivity contribution in [2.75, 3.05) is 0 Å². The van der Waals surface area contributed by atoms with Crippen molar-refractivity contribution in [3.63, 3.8) is 0 Å². The van der Waals surface area contributed by atoms with Crippen LogP contribution in [0.25, 0.3) is 91.2 Å². The van der Waals surface area contributed by atoms with E-state index in [2.05, 4.69) is 110 Å². The van der Waals surface area contributed by atoms with Gasteiger partial charge in [0.2, 0.25) is 0 Å². The van der Waals surface area contributed by atoms with Crippen LogP contribution in [0.3, 0.4) is 0 Å². The molecule has 0 bridgehead atoms. The van der Waals surface area contributed by atoms with Gasteiger partial charge in [0.25, 0.3) is 0 Å². The fraction of sp³-hybridized carbons (Fsp3) is 0.105. The summed E-state index contributed by atoms with van der Waals surface area (Å²) < 4.78 is 19.2. The van der Waals surface area contributed by atoms with E-state index in [1.807, 2.05) is 68.0 Å². The molecule has 11 aromatic rings. The van der Waals surface area contributed by atoms with E-state index in [0.717, 1.165) is 0 Å². The topological polar surface area (TPSA) is 9.86 Å². The first-order chi connectivity index (χ1) is 22.4. The molecule has 0 N–H and O–H groups in total. The summed E-state index contributed by atoms with van der Waals surface area (Å²) in [5.74, 6) is 0. The third-order valence-corrected chi connectivity index (χ3v) is 16.7. The molecular weight excluding hydrogens is 677 g/mol. The van der Waals surface area contributed by atoms with Gasteiger partial charge in [-0.25, -0.2) is 0 Å². The Morgan fingerprint density at radius 1 is 0.391 bits per heavy atom. The first-order valence-corrected chi connectivity index (χ1v) is 20.1. The van der Waals surface area contributed by atoms with Gasteiger partial charge in [-0.05, 0) is 76.2 Å². The normalized spacial score (nSPS) is 12.8. The van der Waals surface area contributed by atoms with E-state index in [4.69, 9.17) is 0 Å². The number of aryl methyl sites for hydroxylation is 4. The number of nitrogens with zero attached hydrogens (tertiary/aromatic N) is 2. The van der Waals surface area contributed by atoms with E-state index in [1.165, 1.54) is 112 Å². The fourth-order valence-corrected chi connectivity index (χ4v) is 15.0. The number of hydrogen-bond acceptors (Lipinski definition) is 6. The highest BCUT2D eigenvalue weighted by Gasteiger charge is 2.25. The molecule has 8 heteroatoms. The second-order valence-electron chi connectivity index (χ2n) is 12.4. The zero-order valence-electron chi connectivity index (χ0n) is 25.3. The maximum atomic E-state index is 2.52. The molecular formula is C38H24N2S6. The Labute approximate surface area is 287 Å². The Bertz CT molecular complexity index is 2840. The molecule has 0 aliphatic rings. The van der Waals surface area contributed by atoms with Crippen molar-refractivity contribution in [3.05, 3.63) is 93.7 Å². The van der Waals surface area contributed by atoms with Crippen molar-refractivity contribution in [3.8, 4) is 11.4 Å². The standard InChI is InChI=1S/C38H24N2S6/c1-17-5-9-21(10-6-17)39-25-13-19(3)41-33(25)37-29(39)35-31(45-37)23-15-28-24(16-27(23)43-35)32-36(44-28)30-38(46-32)34-26(14-20(4)42-34)40(30)22-11-7-18(2)8-12-22/h5-16H,1-4H3. The van der Waals surface area contributed by atoms with Crippen molar-refractivity contribution in [2.24, 2.45) is 0 Å². The molecule has 0 saturated heterocycles. The van der Waals surface area contributed by atoms with Gasteiger partial charge in [0.15, 0.2) is 0 Å². The van der Waals surface area contributed by atoms with Gasteiger partial charge in [-0.3, -0.25) is 0 Å². The van der Waals surface area contributed by atoms with Gasteiger partial charge in [0, 0.05) is 41.3 Å². The molecule has 0 radical (unpaired) electrons. The minimum atomic E-state index is 1.25. The lowest BCUT2D eigenvalue weighted by Crippen LogP contribution is -1.92. The molecule has 3 aromatic carbocycles. The minimum Gasteiger partial charge on any atom is -0.306 e. The highest BCUT2D eigenvalue weighted by molar-refractivity contribution is 7.40. The number of fused-ring (bicyclic) bond motifs is 14. The van der Waals surface area contributed by atoms with Crippen LogP contribution in [0.15, 0.2) is 72.8 Å². The molecule has 0 amide bonds. The molecule has 46 heavy (non-hydrogen) atoms. The van der Waals surface area contributed by atoms with E-state index < -0.39 is 0 Å². The van der Waals surface area contributed by atoms with E-state index in [9.17, 15) is 0 Å². The summed E-state index contributed by atoms with van der Waals surface area (Å²) in [6.45, 7) is 8.80. The molecule has 0 atom stereocenters. The minimum absolute atomic E-state index is 1.25. The second kappa shape index (κ2) is 9.10. The van der Waals surface area contributed by atoms with Crippen LogP contribution in [0, 0.1) is 27.7 Å². The summed E-state index contributed by atoms with van der Waals surface area (Å²) in [4.78, 5) is 2.73. The van der Waals surface area contributed by atoms with Crippen LogP contribution in [-0.4, -0.2) is 9.13 Å². The molecule has 8 heterocycles. The molecule has 8 aromatic heterocycles. The average molecular weight is 701 g/mol. The van der Waals surface area contributed by atoms with Crippen molar-refractivity contribution >= 4 is 148 Å². The Balaban J connectivity index is 1.21. The zero-order chi connectivity index (χ0) is 30.6. The molecule has 0 aliphatic carbocycles. The molecule has 0 aliphatic heterocycles. The Morgan fingerprint density at radius 2 is 0.783 bits per heavy atom. The van der Waals surface area contributed by atoms with Crippen molar-refractivity contribution in [1.82, 2.24) is 9.13 Å². The van der Waals surface area contributed by atoms with Gasteiger partial charge in [0.1, 0.15) is 0 Å². The maximum absolute atomic E-state index is 2.52. The first kappa shape index (κ1) is 26.6. The fourth-order valence-electron chi connectivity index (χ4n) is 7.20. The lowest BCUT2D eigenvalue weighted by Gasteiger charge is -2.06. The number of benzene rings is 3. The lowest BCUT2D eigenvalue weighted by molar-refractivity contribution is 1.18. The smallest absolute Gasteiger partial charge is 0.0837 e. The third-order valence-electron chi connectivity index (χ3n) is 9.27. The number of aromatic nitrogens is 2. The van der Waals surface area contributed by atoms with E-state index in [0.29, 0.717) is 0 Å². The van der Waals surface area contributed by atoms with E-state index in [1.54, 1.807) is 0 Å². The second-order valence-corrected chi connectivity index (χ2v) is 19.1. The SMILES string of the molecule is Cc1ccc(-n2c3cc(C)sc3c3sc4c5cc6sc7c(sc8c9sc(C)cc9n(-c9ccc(C)cc9)c78)c6cc5sc4c32)cc1. The first-order valence-electron chi connectivity index (χ1n) is 15.2. The van der Waals surface area contributed by atoms with Gasteiger partial charge in [0.05, 0.1) is 59.7 Å². The summed E-state index contributed by atoms with van der Waals surface area (Å²) >= 11 is 11.8. The van der Waals surface area contributed by atoms with Gasteiger partial charge < -0.3 is 9.13 Å². The summed E-state index contributed by atoms with van der Waals surface area (Å²) in [5.41, 5.74) is 10.5. The zero-order valence-corrected chi connectivity index (χ0v) is 30.2. The number of hydrogen-bond donors (Lipinski definition) is 0. The monoisotopic (exact) mass is 700 g/mol. The molecule has 0 fully saturated rings. The average Bonchev–Trinajstić information content (AvgIpc) is 3.89. The Morgan fingerprint density at radius 3 is 1.20 bits per heavy atom. The summed E-state index contributed by atoms with van der Waals surface area (Å²) in [6.07, 6.45) is 0. The largest absolute Gasteiger partial charge is 0.306 e. The van der Waals surface area contributed by atoms with Crippen molar-refractivity contribution in [2.45, 2.75) is 27.7 Å². The van der Waals surface area contributed by atoms with Gasteiger partial charge >= 0.3 is 0 Å². The highest BCUT2D eigenvalue weighted by atomic mass is 32.1. The number of rotatable bonds is 2. The molecule has 0 saturated carbocycles. The quantitative estimate of drug-likeness (QED) is 0.170. The van der Waals surface area contributed by atoms with Gasteiger partial charge in [-0.2, -0.15) is 0 Å². The molecule has 2 nitrogen and oxygen atoms in total. The van der Waals surface area contributed by atoms with Crippen LogP contribution in [0.4, 0.5) is 0 Å². The Hall–Kier alpha value is -3.50. The Kier molecular flexibility index (Phi) is 5.25. The lowest BCUT2D eigenvalue weighted by atomic mass is 10.2. The van der Waals surface area contributed by atoms with Crippen LogP contribution in [0.5, 0.6) is 0 Å². The molecule has 222 valence electrons. The van der Waals surface area contributed by atoms with E-state index in [-0.39, 0.29) is 0 Å². The van der Waals surface area contributed by atoms with Crippen LogP contribution in [0.1, 0.15) is 20.9 Å². The number of thiophene rings is 6. The molecule has 11 rings (SSSR count). The third kappa shape index (κ3) is 3.39. The van der Waals surface area contributed by atoms with Crippen molar-refractivity contribution in [1.29, 1.82) is 0 Å². The van der Waals surface area contributed by atoms with Gasteiger partial charge in [-0.15, -0.1) is 68.0 Å². The molecule has 0 unspecified atom stereocenters. The van der Waals surface area contributed by atoms with Crippen LogP contribution < -0.4 is 0 Å². The van der Waals surface area contributed by atoms with Crippen LogP contribution in [0.2, 0.25) is 0 Å². The maximum Gasteiger partial charge on any atom is 0.0837 e. The predicted octanol–water partition coefficient (Wildman–Crippen LogP) is 14.1. The van der Waals surface area contributed by atoms with E-state index >= 15 is 0 Å². The predicted molar refractivity (Wildman–Crippen MR) is 211 cm³/mol. The van der Waals surface area contributed by atoms with Crippen molar-refractivity contribution < 1.29 is 0 Å².